The summed E-state index contributed by atoms with van der Waals surface area (Å²) in [5, 5.41) is 7.28. The van der Waals surface area contributed by atoms with Crippen molar-refractivity contribution in [2.75, 3.05) is 36.5 Å². The summed E-state index contributed by atoms with van der Waals surface area (Å²) in [6.45, 7) is 9.18. The predicted octanol–water partition coefficient (Wildman–Crippen LogP) is 3.56. The summed E-state index contributed by atoms with van der Waals surface area (Å²) in [5.74, 6) is 0.666. The first-order valence-electron chi connectivity index (χ1n) is 10.9. The van der Waals surface area contributed by atoms with Crippen molar-refractivity contribution >= 4 is 22.9 Å². The van der Waals surface area contributed by atoms with Gasteiger partial charge in [-0.1, -0.05) is 20.3 Å². The zero-order valence-corrected chi connectivity index (χ0v) is 18.3. The highest BCUT2D eigenvalue weighted by Gasteiger charge is 2.25. The van der Waals surface area contributed by atoms with Gasteiger partial charge in [0, 0.05) is 43.5 Å². The van der Waals surface area contributed by atoms with E-state index in [1.807, 2.05) is 12.1 Å². The number of anilines is 2. The van der Waals surface area contributed by atoms with Gasteiger partial charge in [-0.25, -0.2) is 9.50 Å². The van der Waals surface area contributed by atoms with E-state index in [4.69, 9.17) is 9.47 Å². The highest BCUT2D eigenvalue weighted by Crippen LogP contribution is 2.39. The van der Waals surface area contributed by atoms with Gasteiger partial charge in [0.05, 0.1) is 30.8 Å². The van der Waals surface area contributed by atoms with Gasteiger partial charge in [-0.15, -0.1) is 0 Å². The van der Waals surface area contributed by atoms with Crippen LogP contribution in [0.1, 0.15) is 43.1 Å². The fourth-order valence-corrected chi connectivity index (χ4v) is 3.79. The number of nitrogens with one attached hydrogen (secondary N) is 1. The number of carbonyl (C=O) groups is 1. The largest absolute Gasteiger partial charge is 0.490 e. The third-order valence-corrected chi connectivity index (χ3v) is 5.14. The van der Waals surface area contributed by atoms with Crippen molar-refractivity contribution in [1.29, 1.82) is 0 Å². The van der Waals surface area contributed by atoms with Gasteiger partial charge >= 0.3 is 0 Å². The molecule has 1 N–H and O–H groups in total. The first-order chi connectivity index (χ1) is 15.1. The third kappa shape index (κ3) is 4.49. The molecular formula is C23H29N5O3. The second-order valence-electron chi connectivity index (χ2n) is 7.82. The molecule has 164 valence electrons. The summed E-state index contributed by atoms with van der Waals surface area (Å²) in [4.78, 5) is 19.5. The Hall–Kier alpha value is -3.13. The van der Waals surface area contributed by atoms with Crippen LogP contribution in [0.2, 0.25) is 0 Å². The summed E-state index contributed by atoms with van der Waals surface area (Å²) < 4.78 is 13.0. The van der Waals surface area contributed by atoms with Crippen LogP contribution in [0.3, 0.4) is 0 Å². The fraction of sp³-hybridized carbons (Fsp3) is 0.435. The standard InChI is InChI=1S/C20H21N5O3.C3H8/c1-13-9-14-10-16(17(11-18(14)28-13)24-5-7-27-8-6-24)23-20(26)15-12-22-25-4-2-3-21-19(15)25;1-3-2/h2-4,10-13H,5-9H2,1H3,(H,23,26);3H2,1-2H3. The first-order valence-corrected chi connectivity index (χ1v) is 10.9. The Labute approximate surface area is 182 Å². The molecule has 0 saturated carbocycles. The van der Waals surface area contributed by atoms with Crippen molar-refractivity contribution in [1.82, 2.24) is 14.6 Å². The Morgan fingerprint density at radius 1 is 1.26 bits per heavy atom. The molecule has 2 aliphatic rings. The molecule has 0 spiro atoms. The summed E-state index contributed by atoms with van der Waals surface area (Å²) in [7, 11) is 0. The minimum absolute atomic E-state index is 0.141. The summed E-state index contributed by atoms with van der Waals surface area (Å²) in [6.07, 6.45) is 7.19. The highest BCUT2D eigenvalue weighted by atomic mass is 16.5. The molecule has 3 aromatic rings. The number of fused-ring (bicyclic) bond motifs is 2. The topological polar surface area (TPSA) is 81.0 Å². The van der Waals surface area contributed by atoms with E-state index < -0.39 is 0 Å². The minimum atomic E-state index is -0.227. The van der Waals surface area contributed by atoms with E-state index in [2.05, 4.69) is 41.1 Å². The van der Waals surface area contributed by atoms with Crippen LogP contribution in [0, 0.1) is 0 Å². The van der Waals surface area contributed by atoms with E-state index in [-0.39, 0.29) is 12.0 Å². The Balaban J connectivity index is 0.000000730. The zero-order valence-electron chi connectivity index (χ0n) is 18.3. The lowest BCUT2D eigenvalue weighted by Crippen LogP contribution is -2.36. The fourth-order valence-electron chi connectivity index (χ4n) is 3.79. The molecule has 8 nitrogen and oxygen atoms in total. The molecule has 1 aromatic carbocycles. The van der Waals surface area contributed by atoms with Crippen LogP contribution in [-0.4, -0.2) is 52.9 Å². The maximum Gasteiger partial charge on any atom is 0.261 e. The normalized spacial score (nSPS) is 17.5. The number of morpholine rings is 1. The lowest BCUT2D eigenvalue weighted by molar-refractivity contribution is 0.102. The number of carbonyl (C=O) groups excluding carboxylic acids is 1. The quantitative estimate of drug-likeness (QED) is 0.694. The lowest BCUT2D eigenvalue weighted by atomic mass is 10.1. The van der Waals surface area contributed by atoms with Gasteiger partial charge in [-0.05, 0) is 19.1 Å². The van der Waals surface area contributed by atoms with Crippen LogP contribution in [0.15, 0.2) is 36.8 Å². The number of rotatable bonds is 3. The maximum absolute atomic E-state index is 13.0. The molecule has 5 rings (SSSR count). The second-order valence-corrected chi connectivity index (χ2v) is 7.82. The first kappa shape index (κ1) is 21.1. The van der Waals surface area contributed by atoms with Crippen LogP contribution in [0.25, 0.3) is 5.65 Å². The van der Waals surface area contributed by atoms with Gasteiger partial charge in [0.25, 0.3) is 5.91 Å². The second kappa shape index (κ2) is 9.34. The number of hydrogen-bond donors (Lipinski definition) is 1. The van der Waals surface area contributed by atoms with E-state index in [9.17, 15) is 4.79 Å². The van der Waals surface area contributed by atoms with Gasteiger partial charge in [0.15, 0.2) is 5.65 Å². The van der Waals surface area contributed by atoms with Gasteiger partial charge in [-0.2, -0.15) is 5.10 Å². The lowest BCUT2D eigenvalue weighted by Gasteiger charge is -2.31. The summed E-state index contributed by atoms with van der Waals surface area (Å²) >= 11 is 0. The number of nitrogens with zero attached hydrogens (tertiary/aromatic N) is 4. The van der Waals surface area contributed by atoms with Gasteiger partial charge in [-0.3, -0.25) is 4.79 Å². The van der Waals surface area contributed by atoms with Gasteiger partial charge < -0.3 is 19.7 Å². The Kier molecular flexibility index (Phi) is 6.36. The Morgan fingerprint density at radius 2 is 2.03 bits per heavy atom. The van der Waals surface area contributed by atoms with E-state index in [1.165, 1.54) is 6.42 Å². The van der Waals surface area contributed by atoms with Crippen LogP contribution in [-0.2, 0) is 11.2 Å². The molecule has 2 aliphatic heterocycles. The minimum Gasteiger partial charge on any atom is -0.490 e. The molecule has 0 aliphatic carbocycles. The molecule has 4 heterocycles. The summed E-state index contributed by atoms with van der Waals surface area (Å²) in [5.41, 5.74) is 3.81. The molecule has 31 heavy (non-hydrogen) atoms. The van der Waals surface area contributed by atoms with Crippen molar-refractivity contribution in [3.63, 3.8) is 0 Å². The van der Waals surface area contributed by atoms with Crippen molar-refractivity contribution in [2.24, 2.45) is 0 Å². The zero-order chi connectivity index (χ0) is 21.8. The number of benzene rings is 1. The van der Waals surface area contributed by atoms with Crippen LogP contribution < -0.4 is 15.0 Å². The molecule has 0 radical (unpaired) electrons. The number of amides is 1. The average molecular weight is 424 g/mol. The SMILES string of the molecule is CC1Cc2cc(NC(=O)c3cnn4cccnc34)c(N3CCOCC3)cc2O1.CCC. The molecule has 1 fully saturated rings. The molecule has 2 aromatic heterocycles. The molecule has 1 unspecified atom stereocenters. The predicted molar refractivity (Wildman–Crippen MR) is 120 cm³/mol. The Morgan fingerprint density at radius 3 is 2.81 bits per heavy atom. The van der Waals surface area contributed by atoms with Crippen LogP contribution in [0.5, 0.6) is 5.75 Å². The molecule has 1 atom stereocenters. The molecule has 0 bridgehead atoms. The molecule has 1 saturated heterocycles. The Bertz CT molecular complexity index is 1060. The smallest absolute Gasteiger partial charge is 0.261 e. The molecule has 8 heteroatoms. The number of hydrogen-bond acceptors (Lipinski definition) is 6. The van der Waals surface area contributed by atoms with E-state index in [0.717, 1.165) is 42.2 Å². The van der Waals surface area contributed by atoms with Crippen molar-refractivity contribution < 1.29 is 14.3 Å². The highest BCUT2D eigenvalue weighted by molar-refractivity contribution is 6.09. The maximum atomic E-state index is 13.0. The molecule has 1 amide bonds. The van der Waals surface area contributed by atoms with Crippen molar-refractivity contribution in [3.8, 4) is 5.75 Å². The van der Waals surface area contributed by atoms with E-state index in [1.54, 1.807) is 29.2 Å². The monoisotopic (exact) mass is 423 g/mol. The van der Waals surface area contributed by atoms with E-state index >= 15 is 0 Å². The van der Waals surface area contributed by atoms with Crippen LogP contribution in [0.4, 0.5) is 11.4 Å². The van der Waals surface area contributed by atoms with Gasteiger partial charge in [0.1, 0.15) is 17.4 Å². The van der Waals surface area contributed by atoms with Crippen LogP contribution >= 0.6 is 0 Å². The third-order valence-electron chi connectivity index (χ3n) is 5.14. The molecular weight excluding hydrogens is 394 g/mol. The average Bonchev–Trinajstić information content (AvgIpc) is 3.36. The van der Waals surface area contributed by atoms with E-state index in [0.29, 0.717) is 24.4 Å². The van der Waals surface area contributed by atoms with Crippen molar-refractivity contribution in [3.05, 3.63) is 47.9 Å². The van der Waals surface area contributed by atoms with Crippen molar-refractivity contribution in [2.45, 2.75) is 39.7 Å². The number of ether oxygens (including phenoxy) is 2. The number of aromatic nitrogens is 3. The van der Waals surface area contributed by atoms with Gasteiger partial charge in [0.2, 0.25) is 0 Å². The summed E-state index contributed by atoms with van der Waals surface area (Å²) in [6, 6.07) is 5.84.